The molecule has 4 rings (SSSR count). The molecule has 0 saturated heterocycles. The Morgan fingerprint density at radius 1 is 0.906 bits per heavy atom. The quantitative estimate of drug-likeness (QED) is 0.596. The van der Waals surface area contributed by atoms with Crippen LogP contribution in [0.15, 0.2) is 72.8 Å². The first kappa shape index (κ1) is 21.1. The Bertz CT molecular complexity index is 1170. The Hall–Kier alpha value is -4.13. The molecule has 32 heavy (non-hydrogen) atoms. The second kappa shape index (κ2) is 8.55. The fourth-order valence-electron chi connectivity index (χ4n) is 3.51. The van der Waals surface area contributed by atoms with Gasteiger partial charge in [0.05, 0.1) is 12.7 Å². The summed E-state index contributed by atoms with van der Waals surface area (Å²) >= 11 is 0. The number of benzene rings is 3. The molecule has 0 bridgehead atoms. The van der Waals surface area contributed by atoms with Gasteiger partial charge in [-0.3, -0.25) is 9.59 Å². The number of ether oxygens (including phenoxy) is 2. The van der Waals surface area contributed by atoms with Crippen LogP contribution in [0, 0.1) is 0 Å². The number of carbonyl (C=O) groups excluding carboxylic acids is 3. The maximum absolute atomic E-state index is 12.9. The lowest BCUT2D eigenvalue weighted by molar-refractivity contribution is -0.134. The minimum Gasteiger partial charge on any atom is -0.497 e. The lowest BCUT2D eigenvalue weighted by Gasteiger charge is -2.33. The smallest absolute Gasteiger partial charge is 0.339 e. The zero-order valence-corrected chi connectivity index (χ0v) is 17.7. The number of cyclic esters (lactones) is 1. The van der Waals surface area contributed by atoms with Crippen LogP contribution in [-0.4, -0.2) is 30.5 Å². The minimum atomic E-state index is -1.32. The van der Waals surface area contributed by atoms with Gasteiger partial charge in [-0.05, 0) is 67.1 Å². The van der Waals surface area contributed by atoms with Crippen LogP contribution in [0.2, 0.25) is 0 Å². The molecule has 3 aromatic rings. The largest absolute Gasteiger partial charge is 0.497 e. The van der Waals surface area contributed by atoms with E-state index in [0.29, 0.717) is 28.3 Å². The second-order valence-electron chi connectivity index (χ2n) is 7.67. The number of esters is 1. The zero-order valence-electron chi connectivity index (χ0n) is 17.7. The lowest BCUT2D eigenvalue weighted by Crippen LogP contribution is -2.48. The summed E-state index contributed by atoms with van der Waals surface area (Å²) < 4.78 is 10.6. The number of rotatable bonds is 5. The molecule has 0 radical (unpaired) electrons. The zero-order chi connectivity index (χ0) is 22.7. The summed E-state index contributed by atoms with van der Waals surface area (Å²) in [7, 11) is 1.57. The van der Waals surface area contributed by atoms with Crippen molar-refractivity contribution < 1.29 is 23.9 Å². The van der Waals surface area contributed by atoms with Crippen LogP contribution in [0.4, 0.5) is 11.4 Å². The highest BCUT2D eigenvalue weighted by atomic mass is 16.6. The number of methoxy groups -OCH3 is 1. The van der Waals surface area contributed by atoms with Crippen LogP contribution in [0.1, 0.15) is 33.2 Å². The summed E-state index contributed by atoms with van der Waals surface area (Å²) in [6, 6.07) is 20.6. The van der Waals surface area contributed by atoms with E-state index < -0.39 is 17.5 Å². The number of hydrogen-bond donors (Lipinski definition) is 2. The summed E-state index contributed by atoms with van der Waals surface area (Å²) in [4.78, 5) is 37.7. The summed E-state index contributed by atoms with van der Waals surface area (Å²) in [5.41, 5.74) is 1.49. The highest BCUT2D eigenvalue weighted by Crippen LogP contribution is 2.29. The summed E-state index contributed by atoms with van der Waals surface area (Å²) in [5, 5.41) is 5.57. The third-order valence-corrected chi connectivity index (χ3v) is 5.32. The fraction of sp³-hybridized carbons (Fsp3) is 0.160. The average Bonchev–Trinajstić information content (AvgIpc) is 2.80. The van der Waals surface area contributed by atoms with Crippen LogP contribution in [0.3, 0.4) is 0 Å². The van der Waals surface area contributed by atoms with Crippen molar-refractivity contribution in [2.45, 2.75) is 18.9 Å². The molecule has 1 aliphatic rings. The first-order chi connectivity index (χ1) is 15.4. The second-order valence-corrected chi connectivity index (χ2v) is 7.67. The number of amides is 2. The van der Waals surface area contributed by atoms with Gasteiger partial charge in [0.2, 0.25) is 0 Å². The highest BCUT2D eigenvalue weighted by molar-refractivity contribution is 6.05. The van der Waals surface area contributed by atoms with Crippen LogP contribution < -0.4 is 15.4 Å². The van der Waals surface area contributed by atoms with Crippen molar-refractivity contribution in [2.75, 3.05) is 17.7 Å². The van der Waals surface area contributed by atoms with Crippen LogP contribution in [-0.2, 0) is 16.0 Å². The molecule has 7 heteroatoms. The molecule has 2 amide bonds. The molecule has 1 aliphatic heterocycles. The van der Waals surface area contributed by atoms with Gasteiger partial charge >= 0.3 is 5.97 Å². The van der Waals surface area contributed by atoms with E-state index in [1.54, 1.807) is 74.7 Å². The van der Waals surface area contributed by atoms with E-state index >= 15 is 0 Å². The Kier molecular flexibility index (Phi) is 5.64. The summed E-state index contributed by atoms with van der Waals surface area (Å²) in [6.45, 7) is 1.59. The van der Waals surface area contributed by atoms with E-state index in [4.69, 9.17) is 9.47 Å². The average molecular weight is 430 g/mol. The molecule has 0 saturated carbocycles. The predicted molar refractivity (Wildman–Crippen MR) is 120 cm³/mol. The molecular formula is C25H22N2O5. The van der Waals surface area contributed by atoms with Gasteiger partial charge in [0.15, 0.2) is 5.60 Å². The molecule has 0 spiro atoms. The Morgan fingerprint density at radius 2 is 1.53 bits per heavy atom. The van der Waals surface area contributed by atoms with Crippen LogP contribution >= 0.6 is 0 Å². The van der Waals surface area contributed by atoms with E-state index in [2.05, 4.69) is 10.6 Å². The van der Waals surface area contributed by atoms with Crippen LogP contribution in [0.5, 0.6) is 5.75 Å². The van der Waals surface area contributed by atoms with Crippen molar-refractivity contribution in [3.63, 3.8) is 0 Å². The van der Waals surface area contributed by atoms with Crippen molar-refractivity contribution in [3.8, 4) is 5.75 Å². The first-order valence-corrected chi connectivity index (χ1v) is 10.1. The number of hydrogen-bond acceptors (Lipinski definition) is 5. The van der Waals surface area contributed by atoms with Gasteiger partial charge in [-0.2, -0.15) is 0 Å². The Labute approximate surface area is 185 Å². The minimum absolute atomic E-state index is 0.280. The number of carbonyl (C=O) groups is 3. The van der Waals surface area contributed by atoms with E-state index in [0.717, 1.165) is 5.56 Å². The monoisotopic (exact) mass is 430 g/mol. The van der Waals surface area contributed by atoms with E-state index in [-0.39, 0.29) is 12.3 Å². The highest BCUT2D eigenvalue weighted by Gasteiger charge is 2.42. The molecule has 3 aromatic carbocycles. The van der Waals surface area contributed by atoms with Gasteiger partial charge in [0, 0.05) is 23.4 Å². The number of nitrogens with one attached hydrogen (secondary N) is 2. The van der Waals surface area contributed by atoms with Crippen molar-refractivity contribution >= 4 is 29.2 Å². The van der Waals surface area contributed by atoms with Gasteiger partial charge in [-0.1, -0.05) is 18.2 Å². The van der Waals surface area contributed by atoms with Gasteiger partial charge < -0.3 is 20.1 Å². The first-order valence-electron chi connectivity index (χ1n) is 10.1. The van der Waals surface area contributed by atoms with Gasteiger partial charge in [-0.15, -0.1) is 0 Å². The third kappa shape index (κ3) is 4.32. The number of fused-ring (bicyclic) bond motifs is 1. The molecule has 0 aromatic heterocycles. The fourth-order valence-corrected chi connectivity index (χ4v) is 3.51. The van der Waals surface area contributed by atoms with Gasteiger partial charge in [-0.25, -0.2) is 4.79 Å². The lowest BCUT2D eigenvalue weighted by atomic mass is 9.89. The topological polar surface area (TPSA) is 93.7 Å². The third-order valence-electron chi connectivity index (χ3n) is 5.32. The normalized spacial score (nSPS) is 17.0. The predicted octanol–water partition coefficient (Wildman–Crippen LogP) is 4.06. The maximum Gasteiger partial charge on any atom is 0.339 e. The number of anilines is 2. The molecule has 2 N–H and O–H groups in total. The Balaban J connectivity index is 1.41. The van der Waals surface area contributed by atoms with Crippen molar-refractivity contribution in [3.05, 3.63) is 89.5 Å². The van der Waals surface area contributed by atoms with Crippen molar-refractivity contribution in [1.29, 1.82) is 0 Å². The van der Waals surface area contributed by atoms with Crippen molar-refractivity contribution in [1.82, 2.24) is 0 Å². The van der Waals surface area contributed by atoms with Crippen LogP contribution in [0.25, 0.3) is 0 Å². The molecule has 1 unspecified atom stereocenters. The summed E-state index contributed by atoms with van der Waals surface area (Å²) in [6.07, 6.45) is 0.281. The Morgan fingerprint density at radius 3 is 2.22 bits per heavy atom. The SMILES string of the molecule is COc1ccc(NC(=O)c2ccc(NC(=O)C3(C)Cc4ccccc4C(=O)O3)cc2)cc1. The summed E-state index contributed by atoms with van der Waals surface area (Å²) in [5.74, 6) is -0.535. The molecular weight excluding hydrogens is 408 g/mol. The van der Waals surface area contributed by atoms with Gasteiger partial charge in [0.1, 0.15) is 5.75 Å². The van der Waals surface area contributed by atoms with E-state index in [9.17, 15) is 14.4 Å². The van der Waals surface area contributed by atoms with Gasteiger partial charge in [0.25, 0.3) is 11.8 Å². The maximum atomic E-state index is 12.9. The molecule has 0 fully saturated rings. The standard InChI is InChI=1S/C25H22N2O5/c1-25(15-17-5-3-4-6-21(17)23(29)32-25)24(30)27-19-9-7-16(8-10-19)22(28)26-18-11-13-20(31-2)14-12-18/h3-14H,15H2,1-2H3,(H,26,28)(H,27,30). The molecule has 0 aliphatic carbocycles. The van der Waals surface area contributed by atoms with E-state index in [1.165, 1.54) is 0 Å². The molecule has 1 heterocycles. The van der Waals surface area contributed by atoms with E-state index in [1.807, 2.05) is 12.1 Å². The molecule has 7 nitrogen and oxygen atoms in total. The molecule has 162 valence electrons. The molecule has 1 atom stereocenters. The van der Waals surface area contributed by atoms with Crippen molar-refractivity contribution in [2.24, 2.45) is 0 Å².